The van der Waals surface area contributed by atoms with Crippen molar-refractivity contribution in [1.29, 1.82) is 0 Å². The second-order valence-electron chi connectivity index (χ2n) is 11.5. The quantitative estimate of drug-likeness (QED) is 0.311. The van der Waals surface area contributed by atoms with Crippen molar-refractivity contribution in [2.75, 3.05) is 19.6 Å². The Hall–Kier alpha value is -4.00. The molecule has 4 aromatic rings. The number of pyridine rings is 2. The average molecular weight is 513 g/mol. The van der Waals surface area contributed by atoms with Gasteiger partial charge in [-0.2, -0.15) is 0 Å². The maximum Gasteiger partial charge on any atom is 0.290 e. The minimum absolute atomic E-state index is 0.167. The molecule has 0 N–H and O–H groups in total. The molecule has 38 heavy (non-hydrogen) atoms. The van der Waals surface area contributed by atoms with E-state index < -0.39 is 5.54 Å². The number of carbonyl (C=O) groups is 1. The van der Waals surface area contributed by atoms with E-state index in [4.69, 9.17) is 9.40 Å². The lowest BCUT2D eigenvalue weighted by Crippen LogP contribution is -2.60. The van der Waals surface area contributed by atoms with Crippen LogP contribution >= 0.6 is 0 Å². The third-order valence-electron chi connectivity index (χ3n) is 7.13. The second kappa shape index (κ2) is 9.39. The molecule has 196 valence electrons. The van der Waals surface area contributed by atoms with Gasteiger partial charge < -0.3 is 14.2 Å². The Labute approximate surface area is 222 Å². The molecule has 0 unspecified atom stereocenters. The van der Waals surface area contributed by atoms with Crippen molar-refractivity contribution in [2.24, 2.45) is 0 Å². The summed E-state index contributed by atoms with van der Waals surface area (Å²) in [6.07, 6.45) is 1.76. The van der Waals surface area contributed by atoms with E-state index in [0.29, 0.717) is 36.4 Å². The number of amides is 1. The summed E-state index contributed by atoms with van der Waals surface area (Å²) in [5, 5.41) is 0. The molecule has 1 aliphatic rings. The predicted molar refractivity (Wildman–Crippen MR) is 148 cm³/mol. The highest BCUT2D eigenvalue weighted by atomic mass is 19.1. The van der Waals surface area contributed by atoms with Gasteiger partial charge in [0.2, 0.25) is 0 Å². The molecule has 1 amide bonds. The van der Waals surface area contributed by atoms with Crippen LogP contribution in [0.4, 0.5) is 4.39 Å². The summed E-state index contributed by atoms with van der Waals surface area (Å²) in [4.78, 5) is 27.1. The summed E-state index contributed by atoms with van der Waals surface area (Å²) < 4.78 is 19.8. The van der Waals surface area contributed by atoms with Crippen LogP contribution in [-0.4, -0.2) is 50.8 Å². The Kier molecular flexibility index (Phi) is 6.33. The zero-order valence-corrected chi connectivity index (χ0v) is 22.6. The Balaban J connectivity index is 1.46. The molecular weight excluding hydrogens is 479 g/mol. The molecule has 0 atom stereocenters. The maximum atomic E-state index is 13.8. The van der Waals surface area contributed by atoms with Gasteiger partial charge >= 0.3 is 0 Å². The number of hydrogen-bond donors (Lipinski definition) is 0. The first kappa shape index (κ1) is 25.6. The lowest BCUT2D eigenvalue weighted by Gasteiger charge is -2.48. The van der Waals surface area contributed by atoms with Crippen LogP contribution in [0.5, 0.6) is 0 Å². The van der Waals surface area contributed by atoms with Gasteiger partial charge in [0.1, 0.15) is 11.3 Å². The maximum absolute atomic E-state index is 13.8. The van der Waals surface area contributed by atoms with E-state index >= 15 is 0 Å². The van der Waals surface area contributed by atoms with Crippen molar-refractivity contribution >= 4 is 22.7 Å². The van der Waals surface area contributed by atoms with Gasteiger partial charge in [0.25, 0.3) is 5.91 Å². The molecule has 6 nitrogen and oxygen atoms in total. The van der Waals surface area contributed by atoms with Crippen molar-refractivity contribution in [3.05, 3.63) is 90.2 Å². The standard InChI is InChI=1S/C31H33FN4O2/c1-20(24-9-7-8-14-33-24)35-15-16-36(31(5,6)19-35)29(37)27-18-26-28(38-27)23(30(2,3)4)17-25(34-26)21-10-12-22(32)13-11-21/h7-14,17-18H,1,15-16,19H2,2-6H3. The zero-order valence-electron chi connectivity index (χ0n) is 22.6. The first-order valence-electron chi connectivity index (χ1n) is 12.8. The fourth-order valence-corrected chi connectivity index (χ4v) is 5.04. The van der Waals surface area contributed by atoms with Crippen LogP contribution in [0.2, 0.25) is 0 Å². The number of rotatable bonds is 4. The third-order valence-corrected chi connectivity index (χ3v) is 7.13. The van der Waals surface area contributed by atoms with E-state index in [-0.39, 0.29) is 22.9 Å². The average Bonchev–Trinajstić information content (AvgIpc) is 3.31. The van der Waals surface area contributed by atoms with Crippen molar-refractivity contribution in [1.82, 2.24) is 19.8 Å². The van der Waals surface area contributed by atoms with Crippen LogP contribution in [0.15, 0.2) is 71.8 Å². The van der Waals surface area contributed by atoms with Gasteiger partial charge in [0.15, 0.2) is 11.3 Å². The molecule has 0 radical (unpaired) electrons. The van der Waals surface area contributed by atoms with E-state index in [1.54, 1.807) is 24.4 Å². The molecule has 0 bridgehead atoms. The number of nitrogens with zero attached hydrogens (tertiary/aromatic N) is 4. The second-order valence-corrected chi connectivity index (χ2v) is 11.5. The number of piperazine rings is 1. The number of aromatic nitrogens is 2. The molecule has 7 heteroatoms. The molecule has 1 aromatic carbocycles. The van der Waals surface area contributed by atoms with Gasteiger partial charge in [-0.05, 0) is 61.7 Å². The van der Waals surface area contributed by atoms with Crippen molar-refractivity contribution in [2.45, 2.75) is 45.6 Å². The Morgan fingerprint density at radius 1 is 1.08 bits per heavy atom. The van der Waals surface area contributed by atoms with Gasteiger partial charge in [-0.1, -0.05) is 33.4 Å². The highest BCUT2D eigenvalue weighted by molar-refractivity contribution is 5.97. The predicted octanol–water partition coefficient (Wildman–Crippen LogP) is 6.53. The number of benzene rings is 1. The molecule has 1 fully saturated rings. The van der Waals surface area contributed by atoms with Gasteiger partial charge in [-0.3, -0.25) is 9.78 Å². The van der Waals surface area contributed by atoms with Gasteiger partial charge in [0.05, 0.1) is 22.6 Å². The van der Waals surface area contributed by atoms with Gasteiger partial charge in [-0.15, -0.1) is 0 Å². The van der Waals surface area contributed by atoms with Crippen molar-refractivity contribution < 1.29 is 13.6 Å². The van der Waals surface area contributed by atoms with E-state index in [1.807, 2.05) is 29.2 Å². The van der Waals surface area contributed by atoms with Crippen LogP contribution in [0.1, 0.15) is 56.4 Å². The summed E-state index contributed by atoms with van der Waals surface area (Å²) >= 11 is 0. The summed E-state index contributed by atoms with van der Waals surface area (Å²) in [6.45, 7) is 16.4. The van der Waals surface area contributed by atoms with Crippen molar-refractivity contribution in [3.63, 3.8) is 0 Å². The number of furan rings is 1. The Morgan fingerprint density at radius 2 is 1.82 bits per heavy atom. The molecule has 0 aliphatic carbocycles. The summed E-state index contributed by atoms with van der Waals surface area (Å²) in [6, 6.07) is 15.7. The van der Waals surface area contributed by atoms with E-state index in [2.05, 4.69) is 51.1 Å². The molecule has 5 rings (SSSR count). The van der Waals surface area contributed by atoms with Crippen LogP contribution in [0.25, 0.3) is 28.1 Å². The molecule has 4 heterocycles. The van der Waals surface area contributed by atoms with Crippen molar-refractivity contribution in [3.8, 4) is 11.3 Å². The number of carbonyl (C=O) groups excluding carboxylic acids is 1. The highest BCUT2D eigenvalue weighted by Crippen LogP contribution is 2.36. The monoisotopic (exact) mass is 512 g/mol. The zero-order chi connectivity index (χ0) is 27.2. The van der Waals surface area contributed by atoms with E-state index in [0.717, 1.165) is 22.5 Å². The number of fused-ring (bicyclic) bond motifs is 1. The molecule has 1 aliphatic heterocycles. The smallest absolute Gasteiger partial charge is 0.290 e. The highest BCUT2D eigenvalue weighted by Gasteiger charge is 2.39. The minimum Gasteiger partial charge on any atom is -0.449 e. The Morgan fingerprint density at radius 3 is 2.45 bits per heavy atom. The fraction of sp³-hybridized carbons (Fsp3) is 0.323. The molecule has 0 saturated carbocycles. The number of halogens is 1. The lowest BCUT2D eigenvalue weighted by molar-refractivity contribution is 0.0287. The van der Waals surface area contributed by atoms with Gasteiger partial charge in [-0.25, -0.2) is 9.37 Å². The first-order chi connectivity index (χ1) is 17.9. The van der Waals surface area contributed by atoms with Gasteiger partial charge in [0, 0.05) is 43.0 Å². The van der Waals surface area contributed by atoms with Crippen LogP contribution < -0.4 is 0 Å². The third kappa shape index (κ3) is 4.80. The number of hydrogen-bond acceptors (Lipinski definition) is 5. The molecule has 0 spiro atoms. The van der Waals surface area contributed by atoms with Crippen LogP contribution in [0.3, 0.4) is 0 Å². The summed E-state index contributed by atoms with van der Waals surface area (Å²) in [5.41, 5.74) is 4.63. The lowest BCUT2D eigenvalue weighted by atomic mass is 9.86. The van der Waals surface area contributed by atoms with Crippen LogP contribution in [-0.2, 0) is 5.41 Å². The minimum atomic E-state index is -0.467. The largest absolute Gasteiger partial charge is 0.449 e. The molecule has 3 aromatic heterocycles. The Bertz CT molecular complexity index is 1500. The summed E-state index contributed by atoms with van der Waals surface area (Å²) in [7, 11) is 0. The SMILES string of the molecule is C=C(c1ccccn1)N1CCN(C(=O)c2cc3nc(-c4ccc(F)cc4)cc(C(C)(C)C)c3o2)C(C)(C)C1. The topological polar surface area (TPSA) is 62.5 Å². The van der Waals surface area contributed by atoms with E-state index in [9.17, 15) is 9.18 Å². The first-order valence-corrected chi connectivity index (χ1v) is 12.8. The van der Waals surface area contributed by atoms with Crippen LogP contribution in [0, 0.1) is 5.82 Å². The normalized spacial score (nSPS) is 15.6. The summed E-state index contributed by atoms with van der Waals surface area (Å²) in [5.74, 6) is -0.202. The molecular formula is C31H33FN4O2. The molecule has 1 saturated heterocycles. The van der Waals surface area contributed by atoms with E-state index in [1.165, 1.54) is 12.1 Å². The fourth-order valence-electron chi connectivity index (χ4n) is 5.04.